The molecule has 114 valence electrons. The third-order valence-electron chi connectivity index (χ3n) is 4.11. The Morgan fingerprint density at radius 2 is 1.90 bits per heavy atom. The largest absolute Gasteiger partial charge is 0.454 e. The number of rotatable bonds is 3. The number of hydrogen-bond acceptors (Lipinski definition) is 5. The number of carbonyl (C=O) groups is 1. The first-order chi connectivity index (χ1) is 10.1. The lowest BCUT2D eigenvalue weighted by atomic mass is 10.2. The number of likely N-dealkylation sites (N-methyl/N-ethyl adjacent to an activating group) is 1. The van der Waals surface area contributed by atoms with Crippen LogP contribution in [0.2, 0.25) is 0 Å². The summed E-state index contributed by atoms with van der Waals surface area (Å²) >= 11 is 0. The molecule has 6 heteroatoms. The van der Waals surface area contributed by atoms with Crippen molar-refractivity contribution in [3.05, 3.63) is 18.2 Å². The van der Waals surface area contributed by atoms with Gasteiger partial charge in [0, 0.05) is 37.9 Å². The number of nitrogens with zero attached hydrogens (tertiary/aromatic N) is 2. The standard InChI is InChI=1S/C15H21N3O3/c1-11(18-7-5-17(2)6-8-18)15(19)16-12-3-4-13-14(9-12)21-10-20-13/h3-4,9,11H,5-8,10H2,1-2H3,(H,16,19)/t11-/m1/s1. The third kappa shape index (κ3) is 3.11. The van der Waals surface area contributed by atoms with Gasteiger partial charge >= 0.3 is 0 Å². The summed E-state index contributed by atoms with van der Waals surface area (Å²) in [6.07, 6.45) is 0. The van der Waals surface area contributed by atoms with Crippen molar-refractivity contribution in [2.45, 2.75) is 13.0 Å². The van der Waals surface area contributed by atoms with Gasteiger partial charge in [-0.05, 0) is 26.1 Å². The summed E-state index contributed by atoms with van der Waals surface area (Å²) in [6.45, 7) is 6.04. The molecule has 2 heterocycles. The van der Waals surface area contributed by atoms with Gasteiger partial charge in [-0.1, -0.05) is 0 Å². The Bertz CT molecular complexity index is 527. The van der Waals surface area contributed by atoms with E-state index in [0.29, 0.717) is 5.75 Å². The Hall–Kier alpha value is -1.79. The van der Waals surface area contributed by atoms with Crippen LogP contribution in [-0.2, 0) is 4.79 Å². The predicted octanol–water partition coefficient (Wildman–Crippen LogP) is 0.990. The number of ether oxygens (including phenoxy) is 2. The van der Waals surface area contributed by atoms with E-state index in [1.165, 1.54) is 0 Å². The second kappa shape index (κ2) is 5.91. The summed E-state index contributed by atoms with van der Waals surface area (Å²) in [5.74, 6) is 1.42. The number of nitrogens with one attached hydrogen (secondary N) is 1. The van der Waals surface area contributed by atoms with Crippen LogP contribution in [0.3, 0.4) is 0 Å². The second-order valence-corrected chi connectivity index (χ2v) is 5.57. The average molecular weight is 291 g/mol. The Kier molecular flexibility index (Phi) is 3.98. The summed E-state index contributed by atoms with van der Waals surface area (Å²) in [5, 5.41) is 2.95. The second-order valence-electron chi connectivity index (χ2n) is 5.57. The lowest BCUT2D eigenvalue weighted by Gasteiger charge is -2.35. The van der Waals surface area contributed by atoms with Crippen molar-refractivity contribution < 1.29 is 14.3 Å². The molecule has 6 nitrogen and oxygen atoms in total. The number of piperazine rings is 1. The highest BCUT2D eigenvalue weighted by Crippen LogP contribution is 2.34. The van der Waals surface area contributed by atoms with Crippen molar-refractivity contribution in [2.75, 3.05) is 45.3 Å². The van der Waals surface area contributed by atoms with Gasteiger partial charge < -0.3 is 19.7 Å². The topological polar surface area (TPSA) is 54.0 Å². The summed E-state index contributed by atoms with van der Waals surface area (Å²) in [5.41, 5.74) is 0.741. The van der Waals surface area contributed by atoms with Crippen LogP contribution in [-0.4, -0.2) is 61.8 Å². The molecule has 21 heavy (non-hydrogen) atoms. The number of fused-ring (bicyclic) bond motifs is 1. The molecule has 1 amide bonds. The van der Waals surface area contributed by atoms with Crippen LogP contribution in [0.15, 0.2) is 18.2 Å². The lowest BCUT2D eigenvalue weighted by molar-refractivity contribution is -0.121. The van der Waals surface area contributed by atoms with E-state index in [4.69, 9.17) is 9.47 Å². The fraction of sp³-hybridized carbons (Fsp3) is 0.533. The van der Waals surface area contributed by atoms with Gasteiger partial charge in [0.05, 0.1) is 6.04 Å². The highest BCUT2D eigenvalue weighted by Gasteiger charge is 2.24. The normalized spacial score (nSPS) is 20.3. The fourth-order valence-corrected chi connectivity index (χ4v) is 2.60. The van der Waals surface area contributed by atoms with Gasteiger partial charge in [-0.15, -0.1) is 0 Å². The minimum atomic E-state index is -0.135. The molecule has 0 bridgehead atoms. The summed E-state index contributed by atoms with van der Waals surface area (Å²) in [4.78, 5) is 16.8. The maximum Gasteiger partial charge on any atom is 0.241 e. The zero-order chi connectivity index (χ0) is 14.8. The minimum Gasteiger partial charge on any atom is -0.454 e. The van der Waals surface area contributed by atoms with Crippen LogP contribution in [0.4, 0.5) is 5.69 Å². The zero-order valence-electron chi connectivity index (χ0n) is 12.5. The monoisotopic (exact) mass is 291 g/mol. The highest BCUT2D eigenvalue weighted by molar-refractivity contribution is 5.94. The van der Waals surface area contributed by atoms with Gasteiger partial charge in [0.25, 0.3) is 0 Å². The van der Waals surface area contributed by atoms with Crippen LogP contribution in [0, 0.1) is 0 Å². The van der Waals surface area contributed by atoms with Gasteiger partial charge in [0.1, 0.15) is 0 Å². The Labute approximate surface area is 124 Å². The molecule has 1 fully saturated rings. The molecule has 0 unspecified atom stereocenters. The third-order valence-corrected chi connectivity index (χ3v) is 4.11. The van der Waals surface area contributed by atoms with Gasteiger partial charge in [0.2, 0.25) is 12.7 Å². The van der Waals surface area contributed by atoms with Crippen LogP contribution < -0.4 is 14.8 Å². The summed E-state index contributed by atoms with van der Waals surface area (Å²) in [6, 6.07) is 5.32. The molecule has 1 aromatic carbocycles. The maximum atomic E-state index is 12.4. The van der Waals surface area contributed by atoms with E-state index < -0.39 is 0 Å². The summed E-state index contributed by atoms with van der Waals surface area (Å²) in [7, 11) is 2.11. The average Bonchev–Trinajstić information content (AvgIpc) is 2.95. The molecule has 0 aliphatic carbocycles. The summed E-state index contributed by atoms with van der Waals surface area (Å²) < 4.78 is 10.6. The number of benzene rings is 1. The van der Waals surface area contributed by atoms with E-state index in [0.717, 1.165) is 37.6 Å². The Morgan fingerprint density at radius 1 is 1.19 bits per heavy atom. The van der Waals surface area contributed by atoms with Crippen molar-refractivity contribution in [3.63, 3.8) is 0 Å². The Balaban J connectivity index is 1.60. The highest BCUT2D eigenvalue weighted by atomic mass is 16.7. The van der Waals surface area contributed by atoms with E-state index in [9.17, 15) is 4.79 Å². The number of amides is 1. The molecule has 1 aromatic rings. The minimum absolute atomic E-state index is 0.0124. The molecular formula is C15H21N3O3. The van der Waals surface area contributed by atoms with E-state index in [2.05, 4.69) is 22.2 Å². The first-order valence-electron chi connectivity index (χ1n) is 7.26. The van der Waals surface area contributed by atoms with Crippen LogP contribution in [0.5, 0.6) is 11.5 Å². The lowest BCUT2D eigenvalue weighted by Crippen LogP contribution is -2.51. The molecule has 1 saturated heterocycles. The number of carbonyl (C=O) groups excluding carboxylic acids is 1. The van der Waals surface area contributed by atoms with Gasteiger partial charge in [0.15, 0.2) is 11.5 Å². The molecular weight excluding hydrogens is 270 g/mol. The van der Waals surface area contributed by atoms with E-state index in [1.54, 1.807) is 6.07 Å². The van der Waals surface area contributed by atoms with Crippen LogP contribution in [0.1, 0.15) is 6.92 Å². The number of anilines is 1. The fourth-order valence-electron chi connectivity index (χ4n) is 2.60. The molecule has 0 saturated carbocycles. The smallest absolute Gasteiger partial charge is 0.241 e. The van der Waals surface area contributed by atoms with Crippen LogP contribution in [0.25, 0.3) is 0 Å². The molecule has 0 spiro atoms. The molecule has 0 radical (unpaired) electrons. The van der Waals surface area contributed by atoms with Gasteiger partial charge in [-0.2, -0.15) is 0 Å². The van der Waals surface area contributed by atoms with Gasteiger partial charge in [-0.3, -0.25) is 9.69 Å². The van der Waals surface area contributed by atoms with Crippen molar-refractivity contribution in [1.29, 1.82) is 0 Å². The van der Waals surface area contributed by atoms with E-state index in [1.807, 2.05) is 19.1 Å². The SMILES string of the molecule is C[C@H](C(=O)Nc1ccc2c(c1)OCO2)N1CCN(C)CC1. The molecule has 0 aromatic heterocycles. The van der Waals surface area contributed by atoms with E-state index >= 15 is 0 Å². The van der Waals surface area contributed by atoms with Crippen LogP contribution >= 0.6 is 0 Å². The molecule has 1 atom stereocenters. The predicted molar refractivity (Wildman–Crippen MR) is 79.7 cm³/mol. The van der Waals surface area contributed by atoms with E-state index in [-0.39, 0.29) is 18.7 Å². The first-order valence-corrected chi connectivity index (χ1v) is 7.26. The van der Waals surface area contributed by atoms with Gasteiger partial charge in [-0.25, -0.2) is 0 Å². The molecule has 2 aliphatic rings. The zero-order valence-corrected chi connectivity index (χ0v) is 12.5. The van der Waals surface area contributed by atoms with Crippen molar-refractivity contribution in [1.82, 2.24) is 9.80 Å². The molecule has 1 N–H and O–H groups in total. The number of hydrogen-bond donors (Lipinski definition) is 1. The maximum absolute atomic E-state index is 12.4. The molecule has 3 rings (SSSR count). The van der Waals surface area contributed by atoms with Crippen molar-refractivity contribution in [2.24, 2.45) is 0 Å². The molecule has 2 aliphatic heterocycles. The van der Waals surface area contributed by atoms with Crippen molar-refractivity contribution >= 4 is 11.6 Å². The van der Waals surface area contributed by atoms with Crippen molar-refractivity contribution in [3.8, 4) is 11.5 Å². The quantitative estimate of drug-likeness (QED) is 0.900. The first kappa shape index (κ1) is 14.2. The Morgan fingerprint density at radius 3 is 2.67 bits per heavy atom.